The average Bonchev–Trinajstić information content (AvgIpc) is 1.41. The molecule has 0 aliphatic heterocycles. The molecule has 18 heavy (non-hydrogen) atoms. The molecule has 0 atom stereocenters. The number of phosphoric acid groups is 3. The van der Waals surface area contributed by atoms with Crippen molar-refractivity contribution in [2.75, 3.05) is 0 Å². The first kappa shape index (κ1) is 36.7. The van der Waals surface area contributed by atoms with Gasteiger partial charge in [-0.05, 0) is 0 Å². The Hall–Kier alpha value is 1.61. The first-order chi connectivity index (χ1) is 6.00. The fourth-order valence-electron chi connectivity index (χ4n) is 0. The van der Waals surface area contributed by atoms with Crippen molar-refractivity contribution in [3.05, 3.63) is 0 Å². The van der Waals surface area contributed by atoms with Crippen molar-refractivity contribution in [2.45, 2.75) is 0 Å². The Kier molecular flexibility index (Phi) is 30.6. The van der Waals surface area contributed by atoms with E-state index in [9.17, 15) is 0 Å². The van der Waals surface area contributed by atoms with Crippen LogP contribution in [-0.2, 0) is 40.2 Å². The van der Waals surface area contributed by atoms with Gasteiger partial charge in [-0.1, -0.05) is 0 Å². The van der Waals surface area contributed by atoms with Crippen molar-refractivity contribution in [2.24, 2.45) is 0 Å². The van der Waals surface area contributed by atoms with Crippen LogP contribution in [-0.4, -0.2) is 19.8 Å². The SMILES string of the molecule is O=P([O-])([O-])[O-].O=P([O-])([O-])[O-].O=P([O-])([O-])[O-].[Ga+3].[OH4+2].[W+4]. The van der Waals surface area contributed by atoms with Gasteiger partial charge in [0.05, 0.1) is 0 Å². The minimum atomic E-state index is -5.39. The van der Waals surface area contributed by atoms with Crippen molar-refractivity contribution in [3.63, 3.8) is 0 Å². The molecule has 0 aromatic heterocycles. The Morgan fingerprint density at radius 1 is 0.500 bits per heavy atom. The van der Waals surface area contributed by atoms with Gasteiger partial charge < -0.3 is 63.2 Å². The van der Waals surface area contributed by atoms with Crippen LogP contribution in [0.15, 0.2) is 0 Å². The van der Waals surface area contributed by atoms with Gasteiger partial charge in [-0.3, -0.25) is 0 Å². The Bertz CT molecular complexity index is 208. The van der Waals surface area contributed by atoms with Crippen LogP contribution in [0, 0.1) is 0 Å². The summed E-state index contributed by atoms with van der Waals surface area (Å²) in [6, 6.07) is 0. The van der Waals surface area contributed by atoms with Gasteiger partial charge in [-0.15, -0.1) is 0 Å². The van der Waals surface area contributed by atoms with Crippen molar-refractivity contribution in [1.82, 2.24) is 0 Å². The molecule has 0 rings (SSSR count). The van der Waals surface area contributed by atoms with E-state index in [0.717, 1.165) is 0 Å². The summed E-state index contributed by atoms with van der Waals surface area (Å²) in [4.78, 5) is 76.9. The molecule has 0 saturated heterocycles. The van der Waals surface area contributed by atoms with E-state index in [-0.39, 0.29) is 46.3 Å². The summed E-state index contributed by atoms with van der Waals surface area (Å²) in [6.45, 7) is 0. The molecule has 0 unspecified atom stereocenters. The minimum Gasteiger partial charge on any atom is -0.873 e. The van der Waals surface area contributed by atoms with Gasteiger partial charge >= 0.3 is 40.9 Å². The quantitative estimate of drug-likeness (QED) is 0.198. The average molecular weight is 559 g/mol. The summed E-state index contributed by atoms with van der Waals surface area (Å²) in [5.41, 5.74) is 0. The third-order valence-electron chi connectivity index (χ3n) is 0. The largest absolute Gasteiger partial charge is 4.00 e. The fourth-order valence-corrected chi connectivity index (χ4v) is 0. The molecule has 0 radical (unpaired) electrons. The first-order valence-corrected chi connectivity index (χ1v) is 6.57. The van der Waals surface area contributed by atoms with Crippen LogP contribution in [0.4, 0.5) is 0 Å². The maximum Gasteiger partial charge on any atom is 4.00 e. The fraction of sp³-hybridized carbons (Fsp3) is 0. The smallest absolute Gasteiger partial charge is 0.873 e. The summed E-state index contributed by atoms with van der Waals surface area (Å²) in [5.74, 6) is 0. The molecule has 0 spiro atoms. The topological polar surface area (TPSA) is 293 Å². The second-order valence-electron chi connectivity index (χ2n) is 1.34. The molecule has 4 N–H and O–H groups in total. The summed E-state index contributed by atoms with van der Waals surface area (Å²) < 4.78 is 25.6. The van der Waals surface area contributed by atoms with Crippen molar-refractivity contribution in [1.29, 1.82) is 0 Å². The van der Waals surface area contributed by atoms with E-state index in [1.807, 2.05) is 0 Å². The van der Waals surface area contributed by atoms with Crippen molar-refractivity contribution in [3.8, 4) is 0 Å². The monoisotopic (exact) mass is 558 g/mol. The molecule has 0 aromatic carbocycles. The maximum atomic E-state index is 8.55. The summed E-state index contributed by atoms with van der Waals surface area (Å²) in [7, 11) is -16.2. The molecule has 0 saturated carbocycles. The van der Waals surface area contributed by atoms with Crippen LogP contribution in [0.5, 0.6) is 0 Å². The standard InChI is InChI=1S/Ga.3H3O4P.H4O.W/c;3*1-5(2,3)4;;/h;3*(H3,1,2,3,4);1H4;/q+3;;;;+2;+4/p-9. The second-order valence-corrected chi connectivity index (χ2v) is 4.02. The molecule has 106 valence electrons. The van der Waals surface area contributed by atoms with Crippen LogP contribution in [0.3, 0.4) is 0 Å². The van der Waals surface area contributed by atoms with E-state index < -0.39 is 23.5 Å². The maximum absolute atomic E-state index is 8.55. The van der Waals surface area contributed by atoms with Gasteiger partial charge in [0.25, 0.3) is 0 Å². The van der Waals surface area contributed by atoms with E-state index >= 15 is 0 Å². The Balaban J connectivity index is -0.0000000277. The number of hydrogen-bond acceptors (Lipinski definition) is 12. The molecular weight excluding hydrogens is 554 g/mol. The molecule has 18 heteroatoms. The van der Waals surface area contributed by atoms with E-state index in [1.165, 1.54) is 0 Å². The third-order valence-corrected chi connectivity index (χ3v) is 0. The Labute approximate surface area is 127 Å². The number of rotatable bonds is 0. The predicted molar refractivity (Wildman–Crippen MR) is 34.8 cm³/mol. The van der Waals surface area contributed by atoms with Crippen LogP contribution >= 0.6 is 23.5 Å². The van der Waals surface area contributed by atoms with Crippen LogP contribution in [0.25, 0.3) is 0 Å². The molecule has 0 aromatic rings. The van der Waals surface area contributed by atoms with E-state index in [1.54, 1.807) is 0 Å². The van der Waals surface area contributed by atoms with Gasteiger partial charge in [0.15, 0.2) is 0 Å². The normalized spacial score (nSPS) is 9.83. The Morgan fingerprint density at radius 3 is 0.500 bits per heavy atom. The zero-order valence-electron chi connectivity index (χ0n) is 7.93. The summed E-state index contributed by atoms with van der Waals surface area (Å²) in [6.07, 6.45) is 0. The predicted octanol–water partition coefficient (Wildman–Crippen LogP) is -10.0. The van der Waals surface area contributed by atoms with E-state index in [4.69, 9.17) is 57.7 Å². The van der Waals surface area contributed by atoms with Gasteiger partial charge in [0.2, 0.25) is 0 Å². The molecule has 0 heterocycles. The van der Waals surface area contributed by atoms with Gasteiger partial charge in [-0.25, -0.2) is 0 Å². The van der Waals surface area contributed by atoms with Gasteiger partial charge in [0.1, 0.15) is 0 Å². The van der Waals surface area contributed by atoms with Crippen molar-refractivity contribution >= 4 is 43.3 Å². The second kappa shape index (κ2) is 15.0. The molecule has 0 aliphatic carbocycles. The molecule has 0 aliphatic rings. The summed E-state index contributed by atoms with van der Waals surface area (Å²) >= 11 is 0. The van der Waals surface area contributed by atoms with Crippen molar-refractivity contribution < 1.29 is 84.3 Å². The van der Waals surface area contributed by atoms with Crippen LogP contribution < -0.4 is 44.0 Å². The molecule has 13 nitrogen and oxygen atoms in total. The first-order valence-electron chi connectivity index (χ1n) is 2.19. The molecule has 0 amide bonds. The third kappa shape index (κ3) is 1870. The zero-order chi connectivity index (χ0) is 13.5. The molecule has 0 fully saturated rings. The van der Waals surface area contributed by atoms with Gasteiger partial charge in [0, 0.05) is 0 Å². The van der Waals surface area contributed by atoms with Gasteiger partial charge in [-0.2, -0.15) is 23.5 Å². The summed E-state index contributed by atoms with van der Waals surface area (Å²) in [5, 5.41) is 0. The van der Waals surface area contributed by atoms with E-state index in [2.05, 4.69) is 0 Å². The van der Waals surface area contributed by atoms with Crippen LogP contribution in [0.1, 0.15) is 0 Å². The molecular formula is H4GaO13P3W. The Morgan fingerprint density at radius 2 is 0.500 bits per heavy atom. The zero-order valence-corrected chi connectivity index (χ0v) is 16.0. The number of hydrogen-bond donors (Lipinski definition) is 0. The van der Waals surface area contributed by atoms with E-state index in [0.29, 0.717) is 0 Å². The minimum absolute atomic E-state index is 0. The van der Waals surface area contributed by atoms with Crippen LogP contribution in [0.2, 0.25) is 0 Å². The molecule has 0 bridgehead atoms.